The largest absolute Gasteiger partial charge is 0.474 e. The van der Waals surface area contributed by atoms with Gasteiger partial charge in [-0.1, -0.05) is 6.92 Å². The Morgan fingerprint density at radius 3 is 2.55 bits per heavy atom. The van der Waals surface area contributed by atoms with Crippen molar-refractivity contribution in [2.45, 2.75) is 32.0 Å². The lowest BCUT2D eigenvalue weighted by atomic mass is 9.84. The molecule has 1 aliphatic heterocycles. The quantitative estimate of drug-likeness (QED) is 0.830. The lowest BCUT2D eigenvalue weighted by Crippen LogP contribution is -2.37. The minimum absolute atomic E-state index is 0.0110. The van der Waals surface area contributed by atoms with Crippen LogP contribution in [-0.2, 0) is 10.9 Å². The van der Waals surface area contributed by atoms with Crippen molar-refractivity contribution >= 4 is 11.8 Å². The average Bonchev–Trinajstić information content (AvgIpc) is 2.66. The van der Waals surface area contributed by atoms with E-state index in [4.69, 9.17) is 15.2 Å². The highest BCUT2D eigenvalue weighted by Gasteiger charge is 2.35. The molecule has 0 spiro atoms. The smallest absolute Gasteiger partial charge is 0.417 e. The zero-order chi connectivity index (χ0) is 20.6. The summed E-state index contributed by atoms with van der Waals surface area (Å²) in [7, 11) is 0. The number of nitrogen functional groups attached to an aromatic ring is 1. The first-order valence-electron chi connectivity index (χ1n) is 9.51. The summed E-state index contributed by atoms with van der Waals surface area (Å²) in [4.78, 5) is 14.6. The fourth-order valence-corrected chi connectivity index (χ4v) is 3.52. The van der Waals surface area contributed by atoms with Gasteiger partial charge in [0.2, 0.25) is 11.8 Å². The molecule has 156 valence electrons. The van der Waals surface area contributed by atoms with Gasteiger partial charge in [-0.3, -0.25) is 0 Å². The summed E-state index contributed by atoms with van der Waals surface area (Å²) >= 11 is 0. The summed E-state index contributed by atoms with van der Waals surface area (Å²) in [5.74, 6) is 0.943. The van der Waals surface area contributed by atoms with E-state index in [9.17, 15) is 13.2 Å². The van der Waals surface area contributed by atoms with Gasteiger partial charge < -0.3 is 20.1 Å². The summed E-state index contributed by atoms with van der Waals surface area (Å²) in [5.41, 5.74) is 4.55. The molecule has 4 rings (SSSR count). The number of pyridine rings is 1. The number of nitrogens with two attached hydrogens (primary N) is 1. The number of aromatic nitrogens is 3. The van der Waals surface area contributed by atoms with Crippen molar-refractivity contribution in [3.8, 4) is 17.1 Å². The van der Waals surface area contributed by atoms with Crippen LogP contribution >= 0.6 is 0 Å². The standard InChI is InChI=1S/C19H22F3N5O2/c1-11-6-12(7-11)29-17-9-15(25-18(26-17)27-2-4-28-5-3-27)13-10-24-16(23)8-14(13)19(20,21)22/h8-12H,2-7H2,1H3,(H2,23,24). The molecule has 0 bridgehead atoms. The maximum absolute atomic E-state index is 13.6. The second kappa shape index (κ2) is 7.66. The van der Waals surface area contributed by atoms with Crippen molar-refractivity contribution < 1.29 is 22.6 Å². The van der Waals surface area contributed by atoms with Crippen LogP contribution in [-0.4, -0.2) is 47.4 Å². The van der Waals surface area contributed by atoms with Gasteiger partial charge in [-0.15, -0.1) is 0 Å². The van der Waals surface area contributed by atoms with Gasteiger partial charge in [-0.05, 0) is 24.8 Å². The number of hydrogen-bond donors (Lipinski definition) is 1. The van der Waals surface area contributed by atoms with E-state index in [0.717, 1.165) is 25.1 Å². The predicted molar refractivity (Wildman–Crippen MR) is 101 cm³/mol. The van der Waals surface area contributed by atoms with Crippen LogP contribution in [0.25, 0.3) is 11.3 Å². The Morgan fingerprint density at radius 1 is 1.17 bits per heavy atom. The number of nitrogens with zero attached hydrogens (tertiary/aromatic N) is 4. The number of rotatable bonds is 4. The van der Waals surface area contributed by atoms with Crippen LogP contribution in [0, 0.1) is 5.92 Å². The zero-order valence-corrected chi connectivity index (χ0v) is 15.9. The van der Waals surface area contributed by atoms with Crippen LogP contribution in [0.3, 0.4) is 0 Å². The van der Waals surface area contributed by atoms with Crippen molar-refractivity contribution in [3.63, 3.8) is 0 Å². The first kappa shape index (κ1) is 19.7. The molecule has 1 saturated heterocycles. The highest BCUT2D eigenvalue weighted by molar-refractivity contribution is 5.67. The lowest BCUT2D eigenvalue weighted by Gasteiger charge is -2.33. The number of morpholine rings is 1. The Labute approximate surface area is 166 Å². The van der Waals surface area contributed by atoms with Crippen molar-refractivity contribution in [2.24, 2.45) is 5.92 Å². The van der Waals surface area contributed by atoms with Crippen molar-refractivity contribution in [1.29, 1.82) is 0 Å². The van der Waals surface area contributed by atoms with Gasteiger partial charge in [-0.25, -0.2) is 9.97 Å². The van der Waals surface area contributed by atoms with Crippen LogP contribution in [0.1, 0.15) is 25.3 Å². The monoisotopic (exact) mass is 409 g/mol. The summed E-state index contributed by atoms with van der Waals surface area (Å²) < 4.78 is 52.1. The van der Waals surface area contributed by atoms with E-state index in [1.807, 2.05) is 4.90 Å². The number of alkyl halides is 3. The highest BCUT2D eigenvalue weighted by Crippen LogP contribution is 2.38. The molecule has 7 nitrogen and oxygen atoms in total. The van der Waals surface area contributed by atoms with E-state index < -0.39 is 11.7 Å². The van der Waals surface area contributed by atoms with Gasteiger partial charge in [0, 0.05) is 30.9 Å². The topological polar surface area (TPSA) is 86.4 Å². The summed E-state index contributed by atoms with van der Waals surface area (Å²) in [5, 5.41) is 0. The molecule has 2 aromatic rings. The minimum atomic E-state index is -4.60. The van der Waals surface area contributed by atoms with Crippen LogP contribution in [0.4, 0.5) is 24.9 Å². The molecule has 2 N–H and O–H groups in total. The molecular formula is C19H22F3N5O2. The molecule has 0 radical (unpaired) electrons. The summed E-state index contributed by atoms with van der Waals surface area (Å²) in [6.45, 7) is 4.23. The molecule has 10 heteroatoms. The van der Waals surface area contributed by atoms with E-state index >= 15 is 0 Å². The molecule has 1 saturated carbocycles. The highest BCUT2D eigenvalue weighted by atomic mass is 19.4. The molecule has 2 fully saturated rings. The number of ether oxygens (including phenoxy) is 2. The van der Waals surface area contributed by atoms with Crippen LogP contribution in [0.5, 0.6) is 5.88 Å². The normalized spacial score (nSPS) is 22.3. The van der Waals surface area contributed by atoms with Crippen molar-refractivity contribution in [1.82, 2.24) is 15.0 Å². The Balaban J connectivity index is 1.76. The summed E-state index contributed by atoms with van der Waals surface area (Å²) in [6.07, 6.45) is -1.70. The van der Waals surface area contributed by atoms with Gasteiger partial charge in [0.25, 0.3) is 0 Å². The maximum atomic E-state index is 13.6. The van der Waals surface area contributed by atoms with E-state index in [-0.39, 0.29) is 29.1 Å². The van der Waals surface area contributed by atoms with Crippen molar-refractivity contribution in [3.05, 3.63) is 23.9 Å². The molecule has 0 atom stereocenters. The Bertz CT molecular complexity index is 881. The molecule has 0 aromatic carbocycles. The maximum Gasteiger partial charge on any atom is 0.417 e. The Hall–Kier alpha value is -2.62. The number of anilines is 2. The van der Waals surface area contributed by atoms with Crippen molar-refractivity contribution in [2.75, 3.05) is 36.9 Å². The molecule has 1 aliphatic carbocycles. The predicted octanol–water partition coefficient (Wildman–Crippen LogP) is 3.15. The van der Waals surface area contributed by atoms with Gasteiger partial charge in [0.15, 0.2) is 0 Å². The second-order valence-corrected chi connectivity index (χ2v) is 7.46. The summed E-state index contributed by atoms with van der Waals surface area (Å²) in [6, 6.07) is 2.26. The van der Waals surface area contributed by atoms with E-state index in [1.54, 1.807) is 0 Å². The third-order valence-corrected chi connectivity index (χ3v) is 5.11. The molecule has 2 aliphatic rings. The average molecular weight is 409 g/mol. The van der Waals surface area contributed by atoms with Gasteiger partial charge >= 0.3 is 6.18 Å². The number of hydrogen-bond acceptors (Lipinski definition) is 7. The fraction of sp³-hybridized carbons (Fsp3) is 0.526. The molecule has 2 aromatic heterocycles. The van der Waals surface area contributed by atoms with Crippen LogP contribution in [0.15, 0.2) is 18.3 Å². The van der Waals surface area contributed by atoms with E-state index in [2.05, 4.69) is 21.9 Å². The number of halogens is 3. The van der Waals surface area contributed by atoms with Gasteiger partial charge in [-0.2, -0.15) is 18.2 Å². The van der Waals surface area contributed by atoms with Gasteiger partial charge in [0.1, 0.15) is 11.9 Å². The van der Waals surface area contributed by atoms with Gasteiger partial charge in [0.05, 0.1) is 24.5 Å². The lowest BCUT2D eigenvalue weighted by molar-refractivity contribution is -0.137. The van der Waals surface area contributed by atoms with E-state index in [1.165, 1.54) is 6.07 Å². The van der Waals surface area contributed by atoms with E-state index in [0.29, 0.717) is 38.2 Å². The van der Waals surface area contributed by atoms with Crippen LogP contribution < -0.4 is 15.4 Å². The second-order valence-electron chi connectivity index (χ2n) is 7.46. The van der Waals surface area contributed by atoms with Crippen LogP contribution in [0.2, 0.25) is 0 Å². The third kappa shape index (κ3) is 4.36. The first-order valence-corrected chi connectivity index (χ1v) is 9.51. The molecule has 0 amide bonds. The zero-order valence-electron chi connectivity index (χ0n) is 15.9. The fourth-order valence-electron chi connectivity index (χ4n) is 3.52. The SMILES string of the molecule is CC1CC(Oc2cc(-c3cnc(N)cc3C(F)(F)F)nc(N3CCOCC3)n2)C1. The molecular weight excluding hydrogens is 387 g/mol. The minimum Gasteiger partial charge on any atom is -0.474 e. The third-order valence-electron chi connectivity index (χ3n) is 5.11. The molecule has 0 unspecified atom stereocenters. The Kier molecular flexibility index (Phi) is 5.20. The molecule has 29 heavy (non-hydrogen) atoms. The Morgan fingerprint density at radius 2 is 1.90 bits per heavy atom. The molecule has 3 heterocycles. The first-order chi connectivity index (χ1) is 13.8.